The third-order valence-electron chi connectivity index (χ3n) is 5.48. The van der Waals surface area contributed by atoms with Crippen LogP contribution >= 0.6 is 35.3 Å². The highest BCUT2D eigenvalue weighted by Gasteiger charge is 2.26. The van der Waals surface area contributed by atoms with Crippen molar-refractivity contribution in [3.63, 3.8) is 0 Å². The second-order valence-corrected chi connectivity index (χ2v) is 8.54. The van der Waals surface area contributed by atoms with E-state index >= 15 is 0 Å². The predicted octanol–water partition coefficient (Wildman–Crippen LogP) is 3.09. The van der Waals surface area contributed by atoms with Gasteiger partial charge < -0.3 is 15.5 Å². The number of hydrogen-bond donors (Lipinski definition) is 2. The second-order valence-electron chi connectivity index (χ2n) is 7.54. The van der Waals surface area contributed by atoms with E-state index in [0.717, 1.165) is 64.6 Å². The summed E-state index contributed by atoms with van der Waals surface area (Å²) in [6.07, 6.45) is 3.73. The number of aromatic nitrogens is 1. The highest BCUT2D eigenvalue weighted by Crippen LogP contribution is 2.23. The van der Waals surface area contributed by atoms with Crippen LogP contribution in [0.4, 0.5) is 10.2 Å². The first-order chi connectivity index (χ1) is 14.2. The number of guanidine groups is 1. The van der Waals surface area contributed by atoms with E-state index in [1.54, 1.807) is 12.3 Å². The number of hydrogen-bond acceptors (Lipinski definition) is 5. The highest BCUT2D eigenvalue weighted by atomic mass is 127. The fraction of sp³-hybridized carbons (Fsp3) is 0.524. The molecule has 2 aliphatic heterocycles. The molecule has 4 heterocycles. The van der Waals surface area contributed by atoms with Gasteiger partial charge in [0.15, 0.2) is 17.6 Å². The smallest absolute Gasteiger partial charge is 0.191 e. The van der Waals surface area contributed by atoms with Crippen LogP contribution in [-0.2, 0) is 13.0 Å². The highest BCUT2D eigenvalue weighted by molar-refractivity contribution is 14.0. The minimum atomic E-state index is -0.260. The molecule has 4 rings (SSSR count). The quantitative estimate of drug-likeness (QED) is 0.333. The van der Waals surface area contributed by atoms with E-state index < -0.39 is 0 Å². The van der Waals surface area contributed by atoms with Crippen LogP contribution in [0.25, 0.3) is 0 Å². The minimum absolute atomic E-state index is 0. The number of rotatable bonds is 6. The summed E-state index contributed by atoms with van der Waals surface area (Å²) in [6, 6.07) is 5.57. The van der Waals surface area contributed by atoms with Crippen molar-refractivity contribution >= 4 is 47.1 Å². The van der Waals surface area contributed by atoms with Crippen LogP contribution in [0.15, 0.2) is 34.8 Å². The van der Waals surface area contributed by atoms with Crippen LogP contribution in [-0.4, -0.2) is 61.2 Å². The summed E-state index contributed by atoms with van der Waals surface area (Å²) in [5.74, 6) is 1.02. The van der Waals surface area contributed by atoms with Crippen LogP contribution in [0.3, 0.4) is 0 Å². The van der Waals surface area contributed by atoms with E-state index in [0.29, 0.717) is 5.82 Å². The topological polar surface area (TPSA) is 55.8 Å². The Hall–Kier alpha value is -1.46. The molecule has 2 aliphatic rings. The average molecular weight is 544 g/mol. The molecule has 1 fully saturated rings. The van der Waals surface area contributed by atoms with Crippen molar-refractivity contribution in [1.29, 1.82) is 0 Å². The fourth-order valence-corrected chi connectivity index (χ4v) is 4.88. The van der Waals surface area contributed by atoms with E-state index in [-0.39, 0.29) is 35.8 Å². The van der Waals surface area contributed by atoms with Crippen LogP contribution in [0.1, 0.15) is 23.8 Å². The summed E-state index contributed by atoms with van der Waals surface area (Å²) in [7, 11) is 0. The van der Waals surface area contributed by atoms with Gasteiger partial charge in [-0.05, 0) is 48.9 Å². The van der Waals surface area contributed by atoms with Crippen molar-refractivity contribution in [3.05, 3.63) is 46.0 Å². The largest absolute Gasteiger partial charge is 0.357 e. The van der Waals surface area contributed by atoms with Crippen molar-refractivity contribution in [2.45, 2.75) is 32.4 Å². The number of anilines is 1. The molecule has 6 nitrogen and oxygen atoms in total. The zero-order valence-electron chi connectivity index (χ0n) is 17.3. The first-order valence-electron chi connectivity index (χ1n) is 10.4. The molecule has 2 aromatic heterocycles. The van der Waals surface area contributed by atoms with Crippen LogP contribution < -0.4 is 15.5 Å². The molecule has 9 heteroatoms. The lowest BCUT2D eigenvalue weighted by molar-refractivity contribution is 0.263. The third kappa shape index (κ3) is 5.82. The maximum atomic E-state index is 14.0. The molecule has 30 heavy (non-hydrogen) atoms. The summed E-state index contributed by atoms with van der Waals surface area (Å²) in [6.45, 7) is 8.28. The number of pyridine rings is 1. The molecule has 0 aliphatic carbocycles. The molecule has 1 unspecified atom stereocenters. The Morgan fingerprint density at radius 1 is 1.37 bits per heavy atom. The first-order valence-corrected chi connectivity index (χ1v) is 11.3. The summed E-state index contributed by atoms with van der Waals surface area (Å²) >= 11 is 1.87. The Labute approximate surface area is 199 Å². The summed E-state index contributed by atoms with van der Waals surface area (Å²) < 4.78 is 14.0. The number of nitrogens with one attached hydrogen (secondary N) is 2. The van der Waals surface area contributed by atoms with Gasteiger partial charge in [-0.25, -0.2) is 9.37 Å². The van der Waals surface area contributed by atoms with Gasteiger partial charge in [0.25, 0.3) is 0 Å². The molecule has 2 aromatic rings. The van der Waals surface area contributed by atoms with Gasteiger partial charge in [-0.2, -0.15) is 0 Å². The summed E-state index contributed by atoms with van der Waals surface area (Å²) in [5, 5.41) is 9.05. The Morgan fingerprint density at radius 2 is 2.27 bits per heavy atom. The first kappa shape index (κ1) is 23.2. The standard InChI is InChI=1S/C21H29FN6S.HI/c1-2-23-21(25-9-12-27-10-6-19-16(14-27)7-13-29-19)26-17-5-11-28(15-17)20-18(22)4-3-8-24-20;/h3-4,7-8,13,17H,2,5-6,9-12,14-15H2,1H3,(H2,23,25,26);1H. The van der Waals surface area contributed by atoms with Gasteiger partial charge in [-0.15, -0.1) is 35.3 Å². The van der Waals surface area contributed by atoms with Crippen molar-refractivity contribution in [3.8, 4) is 0 Å². The fourth-order valence-electron chi connectivity index (χ4n) is 3.99. The molecule has 0 saturated carbocycles. The Kier molecular flexibility index (Phi) is 8.70. The second kappa shape index (κ2) is 11.2. The number of nitrogens with zero attached hydrogens (tertiary/aromatic N) is 4. The van der Waals surface area contributed by atoms with Crippen molar-refractivity contribution in [1.82, 2.24) is 20.5 Å². The number of fused-ring (bicyclic) bond motifs is 1. The molecular formula is C21H30FIN6S. The Balaban J connectivity index is 0.00000256. The average Bonchev–Trinajstić information content (AvgIpc) is 3.37. The molecule has 0 amide bonds. The Morgan fingerprint density at radius 3 is 3.10 bits per heavy atom. The lowest BCUT2D eigenvalue weighted by atomic mass is 10.1. The minimum Gasteiger partial charge on any atom is -0.357 e. The molecule has 1 atom stereocenters. The van der Waals surface area contributed by atoms with Crippen molar-refractivity contribution in [2.75, 3.05) is 44.2 Å². The monoisotopic (exact) mass is 544 g/mol. The van der Waals surface area contributed by atoms with Gasteiger partial charge in [-0.3, -0.25) is 9.89 Å². The van der Waals surface area contributed by atoms with E-state index in [9.17, 15) is 4.39 Å². The molecule has 2 N–H and O–H groups in total. The van der Waals surface area contributed by atoms with Crippen LogP contribution in [0.5, 0.6) is 0 Å². The lowest BCUT2D eigenvalue weighted by Crippen LogP contribution is -2.45. The van der Waals surface area contributed by atoms with E-state index in [1.165, 1.54) is 16.5 Å². The summed E-state index contributed by atoms with van der Waals surface area (Å²) in [5.41, 5.74) is 1.48. The van der Waals surface area contributed by atoms with Gasteiger partial charge in [0, 0.05) is 56.4 Å². The molecule has 0 aromatic carbocycles. The molecule has 0 spiro atoms. The number of aliphatic imine (C=N–C) groups is 1. The zero-order chi connectivity index (χ0) is 20.1. The number of thiophene rings is 1. The van der Waals surface area contributed by atoms with E-state index in [1.807, 2.05) is 16.2 Å². The van der Waals surface area contributed by atoms with Gasteiger partial charge >= 0.3 is 0 Å². The molecule has 164 valence electrons. The van der Waals surface area contributed by atoms with Gasteiger partial charge in [0.2, 0.25) is 0 Å². The maximum Gasteiger partial charge on any atom is 0.191 e. The predicted molar refractivity (Wildman–Crippen MR) is 133 cm³/mol. The van der Waals surface area contributed by atoms with Crippen LogP contribution in [0.2, 0.25) is 0 Å². The van der Waals surface area contributed by atoms with Crippen molar-refractivity contribution < 1.29 is 4.39 Å². The van der Waals surface area contributed by atoms with Gasteiger partial charge in [0.1, 0.15) is 0 Å². The van der Waals surface area contributed by atoms with Gasteiger partial charge in [-0.1, -0.05) is 0 Å². The maximum absolute atomic E-state index is 14.0. The summed E-state index contributed by atoms with van der Waals surface area (Å²) in [4.78, 5) is 15.0. The zero-order valence-corrected chi connectivity index (χ0v) is 20.5. The SMILES string of the molecule is CCNC(=NCCN1CCc2sccc2C1)NC1CCN(c2ncccc2F)C1.I. The number of halogens is 2. The normalized spacial score (nSPS) is 19.3. The molecule has 0 bridgehead atoms. The molecule has 1 saturated heterocycles. The molecule has 0 radical (unpaired) electrons. The van der Waals surface area contributed by atoms with E-state index in [4.69, 9.17) is 4.99 Å². The van der Waals surface area contributed by atoms with Crippen LogP contribution in [0, 0.1) is 5.82 Å². The lowest BCUT2D eigenvalue weighted by Gasteiger charge is -2.26. The van der Waals surface area contributed by atoms with Crippen molar-refractivity contribution in [2.24, 2.45) is 4.99 Å². The Bertz CT molecular complexity index is 844. The molecular weight excluding hydrogens is 514 g/mol. The van der Waals surface area contributed by atoms with Gasteiger partial charge in [0.05, 0.1) is 6.54 Å². The van der Waals surface area contributed by atoms with E-state index in [2.05, 4.69) is 38.9 Å². The third-order valence-corrected chi connectivity index (χ3v) is 6.51.